The second kappa shape index (κ2) is 4.91. The number of carboxylic acids is 1. The van der Waals surface area contributed by atoms with Crippen molar-refractivity contribution in [2.45, 2.75) is 44.9 Å². The van der Waals surface area contributed by atoms with Crippen LogP contribution in [-0.4, -0.2) is 11.1 Å². The smallest absolute Gasteiger partial charge is 0.311 e. The van der Waals surface area contributed by atoms with E-state index < -0.39 is 5.97 Å². The summed E-state index contributed by atoms with van der Waals surface area (Å²) in [6.07, 6.45) is 3.70. The Bertz CT molecular complexity index is 405. The summed E-state index contributed by atoms with van der Waals surface area (Å²) >= 11 is 0. The maximum atomic E-state index is 11.4. The molecule has 0 saturated heterocycles. The van der Waals surface area contributed by atoms with Gasteiger partial charge in [-0.2, -0.15) is 0 Å². The van der Waals surface area contributed by atoms with Crippen molar-refractivity contribution in [2.24, 2.45) is 5.92 Å². The summed E-state index contributed by atoms with van der Waals surface area (Å²) in [5.74, 6) is -0.348. The van der Waals surface area contributed by atoms with Gasteiger partial charge in [0.2, 0.25) is 0 Å². The van der Waals surface area contributed by atoms with Crippen molar-refractivity contribution in [3.05, 3.63) is 35.4 Å². The number of aliphatic carboxylic acids is 1. The Hall–Kier alpha value is -1.31. The van der Waals surface area contributed by atoms with E-state index in [-0.39, 0.29) is 11.8 Å². The molecule has 1 aromatic rings. The van der Waals surface area contributed by atoms with Gasteiger partial charge in [-0.25, -0.2) is 0 Å². The molecule has 2 heteroatoms. The van der Waals surface area contributed by atoms with E-state index in [4.69, 9.17) is 0 Å². The van der Waals surface area contributed by atoms with Crippen LogP contribution in [0.15, 0.2) is 24.3 Å². The highest BCUT2D eigenvalue weighted by atomic mass is 16.4. The third-order valence-electron chi connectivity index (χ3n) is 3.81. The van der Waals surface area contributed by atoms with E-state index in [1.165, 1.54) is 24.8 Å². The number of hydrogen-bond donors (Lipinski definition) is 1. The number of hydrogen-bond acceptors (Lipinski definition) is 1. The highest BCUT2D eigenvalue weighted by molar-refractivity contribution is 5.77. The van der Waals surface area contributed by atoms with E-state index in [9.17, 15) is 9.90 Å². The molecule has 1 aromatic carbocycles. The molecule has 1 N–H and O–H groups in total. The lowest BCUT2D eigenvalue weighted by atomic mass is 9.74. The molecule has 0 aromatic heterocycles. The fraction of sp³-hybridized carbons (Fsp3) is 0.533. The zero-order valence-corrected chi connectivity index (χ0v) is 10.5. The Kier molecular flexibility index (Phi) is 3.51. The van der Waals surface area contributed by atoms with Crippen LogP contribution in [-0.2, 0) is 4.79 Å². The van der Waals surface area contributed by atoms with Gasteiger partial charge in [-0.05, 0) is 35.8 Å². The van der Waals surface area contributed by atoms with E-state index in [1.807, 2.05) is 32.0 Å². The van der Waals surface area contributed by atoms with Crippen LogP contribution >= 0.6 is 0 Å². The van der Waals surface area contributed by atoms with E-state index in [1.54, 1.807) is 0 Å². The van der Waals surface area contributed by atoms with Crippen molar-refractivity contribution in [3.8, 4) is 0 Å². The predicted octanol–water partition coefficient (Wildman–Crippen LogP) is 3.78. The molecular weight excluding hydrogens is 212 g/mol. The van der Waals surface area contributed by atoms with Gasteiger partial charge in [0, 0.05) is 0 Å². The molecule has 0 amide bonds. The lowest BCUT2D eigenvalue weighted by Gasteiger charge is -2.30. The highest BCUT2D eigenvalue weighted by Crippen LogP contribution is 2.41. The second-order valence-corrected chi connectivity index (χ2v) is 5.32. The van der Waals surface area contributed by atoms with Gasteiger partial charge in [0.1, 0.15) is 0 Å². The molecule has 0 radical (unpaired) electrons. The first-order valence-corrected chi connectivity index (χ1v) is 6.43. The van der Waals surface area contributed by atoms with Crippen molar-refractivity contribution >= 4 is 5.97 Å². The van der Waals surface area contributed by atoms with Crippen LogP contribution in [0.25, 0.3) is 0 Å². The van der Waals surface area contributed by atoms with Crippen LogP contribution in [0.2, 0.25) is 0 Å². The van der Waals surface area contributed by atoms with E-state index in [2.05, 4.69) is 6.07 Å². The van der Waals surface area contributed by atoms with Crippen molar-refractivity contribution in [1.29, 1.82) is 0 Å². The average molecular weight is 232 g/mol. The molecule has 0 heterocycles. The first-order chi connectivity index (χ1) is 8.11. The van der Waals surface area contributed by atoms with Crippen LogP contribution in [0.5, 0.6) is 0 Å². The number of carbonyl (C=O) groups is 1. The van der Waals surface area contributed by atoms with E-state index in [0.717, 1.165) is 5.56 Å². The maximum absolute atomic E-state index is 11.4. The van der Waals surface area contributed by atoms with Crippen LogP contribution in [0.3, 0.4) is 0 Å². The average Bonchev–Trinajstić information content (AvgIpc) is 2.16. The maximum Gasteiger partial charge on any atom is 0.311 e. The van der Waals surface area contributed by atoms with Gasteiger partial charge in [0.25, 0.3) is 0 Å². The fourth-order valence-corrected chi connectivity index (χ4v) is 2.66. The Labute approximate surface area is 103 Å². The summed E-state index contributed by atoms with van der Waals surface area (Å²) < 4.78 is 0. The SMILES string of the molecule is CC(C)C(C(=O)O)c1ccccc1C1CCC1. The Morgan fingerprint density at radius 1 is 1.29 bits per heavy atom. The molecule has 92 valence electrons. The van der Waals surface area contributed by atoms with Crippen LogP contribution in [0.4, 0.5) is 0 Å². The number of carboxylic acid groups (broad SMARTS) is 1. The minimum Gasteiger partial charge on any atom is -0.481 e. The van der Waals surface area contributed by atoms with Gasteiger partial charge in [-0.1, -0.05) is 44.5 Å². The minimum absolute atomic E-state index is 0.133. The summed E-state index contributed by atoms with van der Waals surface area (Å²) in [6.45, 7) is 3.96. The molecule has 1 unspecified atom stereocenters. The molecule has 1 aliphatic rings. The number of benzene rings is 1. The lowest BCUT2D eigenvalue weighted by Crippen LogP contribution is -2.21. The van der Waals surface area contributed by atoms with Crippen LogP contribution in [0.1, 0.15) is 56.1 Å². The van der Waals surface area contributed by atoms with Crippen molar-refractivity contribution in [1.82, 2.24) is 0 Å². The van der Waals surface area contributed by atoms with Crippen LogP contribution < -0.4 is 0 Å². The summed E-state index contributed by atoms with van der Waals surface area (Å²) in [4.78, 5) is 11.4. The molecule has 0 spiro atoms. The Morgan fingerprint density at radius 3 is 2.41 bits per heavy atom. The largest absolute Gasteiger partial charge is 0.481 e. The van der Waals surface area contributed by atoms with Crippen molar-refractivity contribution in [2.75, 3.05) is 0 Å². The third-order valence-corrected chi connectivity index (χ3v) is 3.81. The quantitative estimate of drug-likeness (QED) is 0.857. The molecule has 1 fully saturated rings. The van der Waals surface area contributed by atoms with Crippen molar-refractivity contribution < 1.29 is 9.90 Å². The molecule has 1 saturated carbocycles. The van der Waals surface area contributed by atoms with Gasteiger partial charge in [-0.15, -0.1) is 0 Å². The van der Waals surface area contributed by atoms with Crippen molar-refractivity contribution in [3.63, 3.8) is 0 Å². The standard InChI is InChI=1S/C15H20O2/c1-10(2)14(15(16)17)13-9-4-3-8-12(13)11-6-5-7-11/h3-4,8-11,14H,5-7H2,1-2H3,(H,16,17). The molecule has 1 aliphatic carbocycles. The zero-order valence-electron chi connectivity index (χ0n) is 10.5. The lowest BCUT2D eigenvalue weighted by molar-refractivity contribution is -0.139. The minimum atomic E-state index is -0.702. The normalized spacial score (nSPS) is 17.8. The molecule has 17 heavy (non-hydrogen) atoms. The summed E-state index contributed by atoms with van der Waals surface area (Å²) in [5, 5.41) is 9.39. The third kappa shape index (κ3) is 2.36. The van der Waals surface area contributed by atoms with Crippen LogP contribution in [0, 0.1) is 5.92 Å². The van der Waals surface area contributed by atoms with Gasteiger partial charge in [-0.3, -0.25) is 4.79 Å². The van der Waals surface area contributed by atoms with Gasteiger partial charge in [0.15, 0.2) is 0 Å². The number of rotatable bonds is 4. The molecule has 0 aliphatic heterocycles. The van der Waals surface area contributed by atoms with Gasteiger partial charge >= 0.3 is 5.97 Å². The fourth-order valence-electron chi connectivity index (χ4n) is 2.66. The first-order valence-electron chi connectivity index (χ1n) is 6.43. The topological polar surface area (TPSA) is 37.3 Å². The monoisotopic (exact) mass is 232 g/mol. The Morgan fingerprint density at radius 2 is 1.94 bits per heavy atom. The molecule has 1 atom stereocenters. The van der Waals surface area contributed by atoms with E-state index in [0.29, 0.717) is 5.92 Å². The van der Waals surface area contributed by atoms with E-state index >= 15 is 0 Å². The zero-order chi connectivity index (χ0) is 12.4. The second-order valence-electron chi connectivity index (χ2n) is 5.32. The summed E-state index contributed by atoms with van der Waals surface area (Å²) in [6, 6.07) is 8.08. The first kappa shape index (κ1) is 12.2. The Balaban J connectivity index is 2.38. The van der Waals surface area contributed by atoms with Gasteiger partial charge in [0.05, 0.1) is 5.92 Å². The predicted molar refractivity (Wildman–Crippen MR) is 68.2 cm³/mol. The highest BCUT2D eigenvalue weighted by Gasteiger charge is 2.29. The molecule has 2 nitrogen and oxygen atoms in total. The summed E-state index contributed by atoms with van der Waals surface area (Å²) in [7, 11) is 0. The molecular formula is C15H20O2. The summed E-state index contributed by atoms with van der Waals surface area (Å²) in [5.41, 5.74) is 2.29. The molecule has 0 bridgehead atoms. The van der Waals surface area contributed by atoms with Gasteiger partial charge < -0.3 is 5.11 Å². The molecule has 2 rings (SSSR count).